The summed E-state index contributed by atoms with van der Waals surface area (Å²) in [4.78, 5) is 0. The Morgan fingerprint density at radius 3 is 2.56 bits per heavy atom. The maximum absolute atomic E-state index is 10.8. The summed E-state index contributed by atoms with van der Waals surface area (Å²) in [7, 11) is 0. The molecular formula is C23H38NO3+. The van der Waals surface area contributed by atoms with Gasteiger partial charge in [0.25, 0.3) is 0 Å². The minimum absolute atomic E-state index is 0.283. The van der Waals surface area contributed by atoms with Crippen LogP contribution in [0.15, 0.2) is 30.3 Å². The first-order valence-corrected chi connectivity index (χ1v) is 10.6. The van der Waals surface area contributed by atoms with Gasteiger partial charge in [0.1, 0.15) is 32.3 Å². The second kappa shape index (κ2) is 9.04. The van der Waals surface area contributed by atoms with E-state index in [2.05, 4.69) is 51.1 Å². The van der Waals surface area contributed by atoms with Crippen LogP contribution in [-0.2, 0) is 16.0 Å². The van der Waals surface area contributed by atoms with Gasteiger partial charge >= 0.3 is 0 Å². The molecule has 1 saturated heterocycles. The lowest BCUT2D eigenvalue weighted by Crippen LogP contribution is -2.58. The number of rotatable bonds is 7. The zero-order valence-corrected chi connectivity index (χ0v) is 17.4. The fourth-order valence-electron chi connectivity index (χ4n) is 5.24. The van der Waals surface area contributed by atoms with Gasteiger partial charge in [-0.1, -0.05) is 51.1 Å². The summed E-state index contributed by atoms with van der Waals surface area (Å²) in [6.07, 6.45) is 3.35. The molecule has 27 heavy (non-hydrogen) atoms. The second-order valence-electron chi connectivity index (χ2n) is 9.75. The van der Waals surface area contributed by atoms with E-state index in [-0.39, 0.29) is 6.10 Å². The van der Waals surface area contributed by atoms with E-state index < -0.39 is 6.10 Å². The number of benzene rings is 1. The molecule has 1 aliphatic carbocycles. The van der Waals surface area contributed by atoms with Gasteiger partial charge in [0.15, 0.2) is 0 Å². The van der Waals surface area contributed by atoms with Gasteiger partial charge in [0.05, 0.1) is 25.9 Å². The first-order chi connectivity index (χ1) is 12.9. The monoisotopic (exact) mass is 376 g/mol. The van der Waals surface area contributed by atoms with E-state index in [0.717, 1.165) is 56.7 Å². The molecule has 0 unspecified atom stereocenters. The number of morpholine rings is 1. The number of hydrogen-bond donors (Lipinski definition) is 1. The van der Waals surface area contributed by atoms with E-state index in [4.69, 9.17) is 9.47 Å². The predicted molar refractivity (Wildman–Crippen MR) is 108 cm³/mol. The van der Waals surface area contributed by atoms with E-state index in [1.165, 1.54) is 12.0 Å². The largest absolute Gasteiger partial charge is 0.385 e. The van der Waals surface area contributed by atoms with Crippen LogP contribution in [0.2, 0.25) is 0 Å². The molecule has 0 spiro atoms. The fraction of sp³-hybridized carbons (Fsp3) is 0.739. The summed E-state index contributed by atoms with van der Waals surface area (Å²) in [6, 6.07) is 10.6. The molecule has 1 aliphatic heterocycles. The molecule has 1 saturated carbocycles. The van der Waals surface area contributed by atoms with Gasteiger partial charge in [-0.05, 0) is 30.6 Å². The van der Waals surface area contributed by atoms with Crippen molar-refractivity contribution in [3.63, 3.8) is 0 Å². The van der Waals surface area contributed by atoms with Gasteiger partial charge in [0.2, 0.25) is 0 Å². The maximum Gasteiger partial charge on any atom is 0.126 e. The van der Waals surface area contributed by atoms with Crippen molar-refractivity contribution in [3.8, 4) is 0 Å². The first-order valence-electron chi connectivity index (χ1n) is 10.6. The summed E-state index contributed by atoms with van der Waals surface area (Å²) in [5.74, 6) is 0.701. The van der Waals surface area contributed by atoms with Crippen LogP contribution in [0.5, 0.6) is 0 Å². The van der Waals surface area contributed by atoms with Crippen molar-refractivity contribution in [2.75, 3.05) is 39.5 Å². The zero-order valence-electron chi connectivity index (χ0n) is 17.4. The summed E-state index contributed by atoms with van der Waals surface area (Å²) >= 11 is 0. The topological polar surface area (TPSA) is 38.7 Å². The van der Waals surface area contributed by atoms with Gasteiger partial charge in [-0.25, -0.2) is 0 Å². The second-order valence-corrected chi connectivity index (χ2v) is 9.75. The van der Waals surface area contributed by atoms with Gasteiger partial charge in [-0.2, -0.15) is 0 Å². The molecule has 0 bridgehead atoms. The zero-order chi connectivity index (χ0) is 19.3. The molecule has 2 aliphatic rings. The Bertz CT molecular complexity index is 568. The minimum atomic E-state index is -0.424. The lowest BCUT2D eigenvalue weighted by Gasteiger charge is -2.43. The lowest BCUT2D eigenvalue weighted by atomic mass is 9.71. The Balaban J connectivity index is 1.55. The molecule has 2 fully saturated rings. The highest BCUT2D eigenvalue weighted by molar-refractivity contribution is 5.13. The minimum Gasteiger partial charge on any atom is -0.385 e. The standard InChI is InChI=1S/C23H38NO3/c1-19-13-22(15-23(2,3)14-19)27-18-21(25)17-24(9-11-26-12-10-24)16-20-7-5-4-6-8-20/h4-8,19,21-22,25H,9-18H2,1-3H3/q+1/t19-,21+,22+/m1/s1. The maximum atomic E-state index is 10.8. The Morgan fingerprint density at radius 1 is 1.19 bits per heavy atom. The Kier molecular flexibility index (Phi) is 6.96. The van der Waals surface area contributed by atoms with Gasteiger partial charge in [0, 0.05) is 5.56 Å². The highest BCUT2D eigenvalue weighted by Gasteiger charge is 2.35. The molecule has 3 rings (SSSR count). The van der Waals surface area contributed by atoms with Crippen LogP contribution in [0.3, 0.4) is 0 Å². The van der Waals surface area contributed by atoms with Gasteiger partial charge in [-0.15, -0.1) is 0 Å². The molecule has 0 amide bonds. The fourth-order valence-corrected chi connectivity index (χ4v) is 5.24. The van der Waals surface area contributed by atoms with Crippen molar-refractivity contribution < 1.29 is 19.1 Å². The number of ether oxygens (including phenoxy) is 2. The molecule has 152 valence electrons. The average Bonchev–Trinajstić information content (AvgIpc) is 2.60. The van der Waals surface area contributed by atoms with Crippen LogP contribution in [0.4, 0.5) is 0 Å². The van der Waals surface area contributed by atoms with E-state index >= 15 is 0 Å². The van der Waals surface area contributed by atoms with E-state index in [1.807, 2.05) is 0 Å². The Morgan fingerprint density at radius 2 is 1.89 bits per heavy atom. The lowest BCUT2D eigenvalue weighted by molar-refractivity contribution is -0.950. The normalized spacial score (nSPS) is 28.6. The molecular weight excluding hydrogens is 338 g/mol. The van der Waals surface area contributed by atoms with Crippen LogP contribution < -0.4 is 0 Å². The molecule has 3 atom stereocenters. The van der Waals surface area contributed by atoms with Crippen molar-refractivity contribution in [2.24, 2.45) is 11.3 Å². The van der Waals surface area contributed by atoms with E-state index in [1.54, 1.807) is 0 Å². The van der Waals surface area contributed by atoms with Crippen LogP contribution in [-0.4, -0.2) is 61.3 Å². The quantitative estimate of drug-likeness (QED) is 0.739. The van der Waals surface area contributed by atoms with E-state index in [9.17, 15) is 5.11 Å². The van der Waals surface area contributed by atoms with Gasteiger partial charge in [-0.3, -0.25) is 0 Å². The van der Waals surface area contributed by atoms with Crippen LogP contribution in [0, 0.1) is 11.3 Å². The van der Waals surface area contributed by atoms with Crippen molar-refractivity contribution >= 4 is 0 Å². The number of aliphatic hydroxyl groups excluding tert-OH is 1. The molecule has 1 aromatic rings. The highest BCUT2D eigenvalue weighted by Crippen LogP contribution is 2.39. The number of quaternary nitrogens is 1. The van der Waals surface area contributed by atoms with Crippen molar-refractivity contribution in [2.45, 2.75) is 58.8 Å². The third-order valence-corrected chi connectivity index (χ3v) is 6.25. The SMILES string of the molecule is C[C@@H]1C[C@H](OC[C@@H](O)C[N+]2(Cc3ccccc3)CCOCC2)CC(C)(C)C1. The summed E-state index contributed by atoms with van der Waals surface area (Å²) in [6.45, 7) is 12.6. The molecule has 1 N–H and O–H groups in total. The van der Waals surface area contributed by atoms with Crippen molar-refractivity contribution in [3.05, 3.63) is 35.9 Å². The summed E-state index contributed by atoms with van der Waals surface area (Å²) in [5, 5.41) is 10.8. The molecule has 4 nitrogen and oxygen atoms in total. The molecule has 1 heterocycles. The number of nitrogens with zero attached hydrogens (tertiary/aromatic N) is 1. The third-order valence-electron chi connectivity index (χ3n) is 6.25. The molecule has 0 aromatic heterocycles. The molecule has 0 radical (unpaired) electrons. The smallest absolute Gasteiger partial charge is 0.126 e. The van der Waals surface area contributed by atoms with E-state index in [0.29, 0.717) is 17.9 Å². The Labute approximate surface area is 165 Å². The summed E-state index contributed by atoms with van der Waals surface area (Å²) in [5.41, 5.74) is 1.67. The first kappa shape index (κ1) is 20.8. The van der Waals surface area contributed by atoms with Gasteiger partial charge < -0.3 is 19.1 Å². The molecule has 1 aromatic carbocycles. The number of hydrogen-bond acceptors (Lipinski definition) is 3. The van der Waals surface area contributed by atoms with Crippen LogP contribution in [0.1, 0.15) is 45.6 Å². The number of aliphatic hydroxyl groups is 1. The highest BCUT2D eigenvalue weighted by atomic mass is 16.5. The molecule has 4 heteroatoms. The summed E-state index contributed by atoms with van der Waals surface area (Å²) < 4.78 is 12.7. The Hall–Kier alpha value is -0.940. The third kappa shape index (κ3) is 6.28. The predicted octanol–water partition coefficient (Wildman–Crippen LogP) is 3.63. The van der Waals surface area contributed by atoms with Crippen LogP contribution >= 0.6 is 0 Å². The van der Waals surface area contributed by atoms with Crippen molar-refractivity contribution in [1.82, 2.24) is 0 Å². The van der Waals surface area contributed by atoms with Crippen LogP contribution in [0.25, 0.3) is 0 Å². The average molecular weight is 377 g/mol. The van der Waals surface area contributed by atoms with Crippen molar-refractivity contribution in [1.29, 1.82) is 0 Å².